The summed E-state index contributed by atoms with van der Waals surface area (Å²) in [4.78, 5) is 11.1. The van der Waals surface area contributed by atoms with Crippen molar-refractivity contribution in [3.8, 4) is 0 Å². The van der Waals surface area contributed by atoms with Crippen molar-refractivity contribution in [3.05, 3.63) is 0 Å². The second-order valence-electron chi connectivity index (χ2n) is 4.43. The minimum Gasteiger partial charge on any atom is -0.300 e. The van der Waals surface area contributed by atoms with Gasteiger partial charge in [0.1, 0.15) is 5.78 Å². The third-order valence-corrected chi connectivity index (χ3v) is 5.24. The molecule has 0 radical (unpaired) electrons. The lowest BCUT2D eigenvalue weighted by Crippen LogP contribution is -2.28. The predicted molar refractivity (Wildman–Crippen MR) is 49.1 cm³/mol. The van der Waals surface area contributed by atoms with Crippen LogP contribution in [-0.2, 0) is 14.6 Å². The van der Waals surface area contributed by atoms with Crippen LogP contribution >= 0.6 is 0 Å². The molecular weight excluding hydrogens is 188 g/mol. The summed E-state index contributed by atoms with van der Waals surface area (Å²) in [6.45, 7) is 1.57. The van der Waals surface area contributed by atoms with Gasteiger partial charge in [0.25, 0.3) is 0 Å². The fourth-order valence-corrected chi connectivity index (χ4v) is 4.65. The van der Waals surface area contributed by atoms with E-state index in [0.717, 1.165) is 19.3 Å². The molecule has 0 aromatic carbocycles. The maximum Gasteiger partial charge on any atom is 0.150 e. The van der Waals surface area contributed by atoms with Crippen LogP contribution in [0.15, 0.2) is 0 Å². The van der Waals surface area contributed by atoms with Crippen LogP contribution in [0.1, 0.15) is 26.2 Å². The zero-order valence-corrected chi connectivity index (χ0v) is 8.56. The van der Waals surface area contributed by atoms with Crippen LogP contribution in [-0.4, -0.2) is 25.7 Å². The van der Waals surface area contributed by atoms with Crippen LogP contribution < -0.4 is 0 Å². The minimum absolute atomic E-state index is 0.0441. The van der Waals surface area contributed by atoms with Crippen LogP contribution in [0.4, 0.5) is 0 Å². The molecule has 3 nitrogen and oxygen atoms in total. The number of carbonyl (C=O) groups is 1. The van der Waals surface area contributed by atoms with Gasteiger partial charge in [0.15, 0.2) is 9.84 Å². The molecule has 2 unspecified atom stereocenters. The highest BCUT2D eigenvalue weighted by molar-refractivity contribution is 7.91. The molecule has 2 fully saturated rings. The lowest BCUT2D eigenvalue weighted by Gasteiger charge is -2.21. The van der Waals surface area contributed by atoms with E-state index in [0.29, 0.717) is 5.75 Å². The number of ketones is 1. The average Bonchev–Trinajstić information content (AvgIpc) is 2.60. The van der Waals surface area contributed by atoms with E-state index in [1.54, 1.807) is 6.92 Å². The highest BCUT2D eigenvalue weighted by Gasteiger charge is 2.59. The Morgan fingerprint density at radius 2 is 2.15 bits per heavy atom. The van der Waals surface area contributed by atoms with E-state index in [1.165, 1.54) is 0 Å². The summed E-state index contributed by atoms with van der Waals surface area (Å²) >= 11 is 0. The van der Waals surface area contributed by atoms with Crippen molar-refractivity contribution < 1.29 is 13.2 Å². The Bertz CT molecular complexity index is 344. The van der Waals surface area contributed by atoms with E-state index in [1.807, 2.05) is 0 Å². The van der Waals surface area contributed by atoms with Gasteiger partial charge in [-0.05, 0) is 31.6 Å². The van der Waals surface area contributed by atoms with Gasteiger partial charge in [0.2, 0.25) is 0 Å². The van der Waals surface area contributed by atoms with Crippen LogP contribution in [0, 0.1) is 11.3 Å². The highest BCUT2D eigenvalue weighted by atomic mass is 32.2. The van der Waals surface area contributed by atoms with Gasteiger partial charge >= 0.3 is 0 Å². The van der Waals surface area contributed by atoms with Gasteiger partial charge in [-0.1, -0.05) is 0 Å². The molecule has 0 aromatic heterocycles. The van der Waals surface area contributed by atoms with Crippen LogP contribution in [0.3, 0.4) is 0 Å². The SMILES string of the molecule is CC(=O)C1CC12CCCS(=O)(=O)C2. The minimum atomic E-state index is -2.85. The molecule has 13 heavy (non-hydrogen) atoms. The molecule has 2 rings (SSSR count). The van der Waals surface area contributed by atoms with Crippen LogP contribution in [0.2, 0.25) is 0 Å². The molecule has 2 aliphatic rings. The van der Waals surface area contributed by atoms with Crippen LogP contribution in [0.25, 0.3) is 0 Å². The molecule has 74 valence electrons. The van der Waals surface area contributed by atoms with E-state index < -0.39 is 9.84 Å². The Labute approximate surface area is 78.4 Å². The van der Waals surface area contributed by atoms with Crippen LogP contribution in [0.5, 0.6) is 0 Å². The molecule has 0 aromatic rings. The first-order chi connectivity index (χ1) is 5.95. The predicted octanol–water partition coefficient (Wildman–Crippen LogP) is 0.790. The summed E-state index contributed by atoms with van der Waals surface area (Å²) in [5.74, 6) is 0.781. The Morgan fingerprint density at radius 1 is 1.46 bits per heavy atom. The monoisotopic (exact) mass is 202 g/mol. The molecule has 1 spiro atoms. The second-order valence-corrected chi connectivity index (χ2v) is 6.61. The summed E-state index contributed by atoms with van der Waals surface area (Å²) in [7, 11) is -2.85. The normalized spacial score (nSPS) is 41.8. The Hall–Kier alpha value is -0.380. The van der Waals surface area contributed by atoms with Crippen molar-refractivity contribution in [1.29, 1.82) is 0 Å². The summed E-state index contributed by atoms with van der Waals surface area (Å²) in [6, 6.07) is 0. The van der Waals surface area contributed by atoms with Gasteiger partial charge in [0, 0.05) is 5.92 Å². The number of rotatable bonds is 1. The van der Waals surface area contributed by atoms with Gasteiger partial charge in [-0.25, -0.2) is 8.42 Å². The molecular formula is C9H14O3S. The first-order valence-corrected chi connectivity index (χ1v) is 6.48. The van der Waals surface area contributed by atoms with Gasteiger partial charge in [-0.15, -0.1) is 0 Å². The zero-order chi connectivity index (χ0) is 9.69. The summed E-state index contributed by atoms with van der Waals surface area (Å²) < 4.78 is 22.7. The van der Waals surface area contributed by atoms with E-state index in [9.17, 15) is 13.2 Å². The third-order valence-electron chi connectivity index (χ3n) is 3.32. The first kappa shape index (κ1) is 9.19. The second kappa shape index (κ2) is 2.56. The van der Waals surface area contributed by atoms with Crippen molar-refractivity contribution in [2.75, 3.05) is 11.5 Å². The van der Waals surface area contributed by atoms with Crippen molar-refractivity contribution in [3.63, 3.8) is 0 Å². The summed E-state index contributed by atoms with van der Waals surface area (Å²) in [5.41, 5.74) is -0.136. The van der Waals surface area contributed by atoms with Crippen molar-refractivity contribution in [1.82, 2.24) is 0 Å². The van der Waals surface area contributed by atoms with E-state index in [2.05, 4.69) is 0 Å². The number of hydrogen-bond donors (Lipinski definition) is 0. The highest BCUT2D eigenvalue weighted by Crippen LogP contribution is 2.58. The topological polar surface area (TPSA) is 51.2 Å². The van der Waals surface area contributed by atoms with E-state index in [-0.39, 0.29) is 22.9 Å². The lowest BCUT2D eigenvalue weighted by molar-refractivity contribution is -0.118. The van der Waals surface area contributed by atoms with Crippen molar-refractivity contribution >= 4 is 15.6 Å². The zero-order valence-electron chi connectivity index (χ0n) is 7.75. The number of hydrogen-bond acceptors (Lipinski definition) is 3. The molecule has 1 aliphatic heterocycles. The van der Waals surface area contributed by atoms with Gasteiger partial charge in [-0.3, -0.25) is 4.79 Å². The maximum atomic E-state index is 11.4. The van der Waals surface area contributed by atoms with Gasteiger partial charge in [-0.2, -0.15) is 0 Å². The molecule has 2 atom stereocenters. The molecule has 1 aliphatic carbocycles. The molecule has 1 saturated heterocycles. The third kappa shape index (κ3) is 1.52. The fraction of sp³-hybridized carbons (Fsp3) is 0.889. The lowest BCUT2D eigenvalue weighted by atomic mass is 9.98. The Kier molecular flexibility index (Phi) is 1.81. The first-order valence-electron chi connectivity index (χ1n) is 4.66. The Balaban J connectivity index is 2.15. The molecule has 0 bridgehead atoms. The van der Waals surface area contributed by atoms with Gasteiger partial charge < -0.3 is 0 Å². The molecule has 0 N–H and O–H groups in total. The van der Waals surface area contributed by atoms with E-state index >= 15 is 0 Å². The van der Waals surface area contributed by atoms with Gasteiger partial charge in [0.05, 0.1) is 11.5 Å². The fourth-order valence-electron chi connectivity index (χ4n) is 2.58. The Morgan fingerprint density at radius 3 is 2.62 bits per heavy atom. The van der Waals surface area contributed by atoms with Crippen molar-refractivity contribution in [2.45, 2.75) is 26.2 Å². The smallest absolute Gasteiger partial charge is 0.150 e. The summed E-state index contributed by atoms with van der Waals surface area (Å²) in [5, 5.41) is 0. The molecule has 1 saturated carbocycles. The number of Topliss-reactive ketones (excluding diaryl/α,β-unsaturated/α-hetero) is 1. The average molecular weight is 202 g/mol. The molecule has 1 heterocycles. The molecule has 0 amide bonds. The van der Waals surface area contributed by atoms with Crippen molar-refractivity contribution in [2.24, 2.45) is 11.3 Å². The molecule has 4 heteroatoms. The summed E-state index contributed by atoms with van der Waals surface area (Å²) in [6.07, 6.45) is 2.48. The number of carbonyl (C=O) groups excluding carboxylic acids is 1. The quantitative estimate of drug-likeness (QED) is 0.631. The largest absolute Gasteiger partial charge is 0.300 e. The standard InChI is InChI=1S/C9H14O3S/c1-7(10)8-5-9(8)3-2-4-13(11,12)6-9/h8H,2-6H2,1H3. The maximum absolute atomic E-state index is 11.4. The van der Waals surface area contributed by atoms with E-state index in [4.69, 9.17) is 0 Å². The number of sulfone groups is 1.